The van der Waals surface area contributed by atoms with Gasteiger partial charge in [-0.15, -0.1) is 11.3 Å². The van der Waals surface area contributed by atoms with Gasteiger partial charge < -0.3 is 14.5 Å². The second-order valence-electron chi connectivity index (χ2n) is 3.44. The molecule has 0 aromatic carbocycles. The fraction of sp³-hybridized carbons (Fsp3) is 0.364. The molecule has 0 radical (unpaired) electrons. The first-order valence-corrected chi connectivity index (χ1v) is 6.85. The smallest absolute Gasteiger partial charge is 0.181 e. The van der Waals surface area contributed by atoms with Gasteiger partial charge in [-0.05, 0) is 22.0 Å². The van der Waals surface area contributed by atoms with Crippen LogP contribution in [-0.2, 0) is 11.3 Å². The Bertz CT molecular complexity index is 469. The molecule has 2 aromatic heterocycles. The summed E-state index contributed by atoms with van der Waals surface area (Å²) in [4.78, 5) is 4.22. The van der Waals surface area contributed by atoms with Gasteiger partial charge in [0, 0.05) is 31.1 Å². The number of rotatable bonds is 6. The fourth-order valence-corrected chi connectivity index (χ4v) is 2.58. The van der Waals surface area contributed by atoms with E-state index in [-0.39, 0.29) is 0 Å². The summed E-state index contributed by atoms with van der Waals surface area (Å²) in [7, 11) is 1.69. The van der Waals surface area contributed by atoms with Crippen LogP contribution in [0.4, 0.5) is 0 Å². The number of hydrogen-bond acceptors (Lipinski definition) is 5. The lowest BCUT2D eigenvalue weighted by atomic mass is 10.2. The van der Waals surface area contributed by atoms with Gasteiger partial charge in [-0.2, -0.15) is 0 Å². The molecule has 2 rings (SSSR count). The van der Waals surface area contributed by atoms with Gasteiger partial charge in [0.05, 0.1) is 10.4 Å². The van der Waals surface area contributed by atoms with E-state index in [1.54, 1.807) is 18.4 Å². The van der Waals surface area contributed by atoms with Crippen molar-refractivity contribution in [3.8, 4) is 11.3 Å². The minimum absolute atomic E-state index is 0.683. The first-order chi connectivity index (χ1) is 8.31. The molecule has 0 atom stereocenters. The molecule has 0 aliphatic rings. The zero-order valence-corrected chi connectivity index (χ0v) is 11.8. The third-order valence-electron chi connectivity index (χ3n) is 2.25. The molecule has 0 amide bonds. The van der Waals surface area contributed by atoms with Crippen molar-refractivity contribution in [3.63, 3.8) is 0 Å². The summed E-state index contributed by atoms with van der Waals surface area (Å²) in [6.07, 6.45) is 1.48. The van der Waals surface area contributed by atoms with Gasteiger partial charge in [0.2, 0.25) is 0 Å². The van der Waals surface area contributed by atoms with Crippen LogP contribution in [0.3, 0.4) is 0 Å². The average molecular weight is 317 g/mol. The van der Waals surface area contributed by atoms with Crippen LogP contribution >= 0.6 is 27.3 Å². The molecule has 92 valence electrons. The highest BCUT2D eigenvalue weighted by atomic mass is 79.9. The highest BCUT2D eigenvalue weighted by molar-refractivity contribution is 9.11. The number of hydrogen-bond donors (Lipinski definition) is 1. The lowest BCUT2D eigenvalue weighted by Crippen LogP contribution is -2.19. The summed E-state index contributed by atoms with van der Waals surface area (Å²) in [5, 5.41) is 5.29. The molecule has 4 nitrogen and oxygen atoms in total. The lowest BCUT2D eigenvalue weighted by molar-refractivity contribution is 0.199. The third kappa shape index (κ3) is 3.38. The number of thiophene rings is 1. The van der Waals surface area contributed by atoms with Crippen LogP contribution in [-0.4, -0.2) is 25.2 Å². The molecule has 2 heterocycles. The van der Waals surface area contributed by atoms with Crippen LogP contribution in [0.25, 0.3) is 11.3 Å². The van der Waals surface area contributed by atoms with E-state index >= 15 is 0 Å². The average Bonchev–Trinajstić information content (AvgIpc) is 2.93. The van der Waals surface area contributed by atoms with Crippen molar-refractivity contribution in [2.24, 2.45) is 0 Å². The molecule has 2 aromatic rings. The number of nitrogens with zero attached hydrogens (tertiary/aromatic N) is 1. The van der Waals surface area contributed by atoms with E-state index in [2.05, 4.69) is 26.2 Å². The molecule has 0 aliphatic heterocycles. The Balaban J connectivity index is 2.02. The van der Waals surface area contributed by atoms with Crippen LogP contribution in [0.1, 0.15) is 5.69 Å². The first-order valence-electron chi connectivity index (χ1n) is 5.17. The maximum Gasteiger partial charge on any atom is 0.181 e. The summed E-state index contributed by atoms with van der Waals surface area (Å²) in [5.74, 6) is 0.830. The lowest BCUT2D eigenvalue weighted by Gasteiger charge is -2.02. The number of halogens is 1. The molecule has 1 N–H and O–H groups in total. The molecule has 0 fully saturated rings. The molecule has 0 bridgehead atoms. The second kappa shape index (κ2) is 6.30. The minimum atomic E-state index is 0.683. The fourth-order valence-electron chi connectivity index (χ4n) is 1.44. The maximum atomic E-state index is 5.42. The van der Waals surface area contributed by atoms with E-state index < -0.39 is 0 Å². The van der Waals surface area contributed by atoms with E-state index in [4.69, 9.17) is 9.15 Å². The number of methoxy groups -OCH3 is 1. The van der Waals surface area contributed by atoms with E-state index in [1.807, 2.05) is 11.4 Å². The SMILES string of the molecule is COCCNCc1ncoc1-c1csc(Br)c1. The van der Waals surface area contributed by atoms with Crippen molar-refractivity contribution in [2.75, 3.05) is 20.3 Å². The number of aromatic nitrogens is 1. The summed E-state index contributed by atoms with van der Waals surface area (Å²) >= 11 is 5.07. The number of nitrogens with one attached hydrogen (secondary N) is 1. The maximum absolute atomic E-state index is 5.42. The zero-order valence-electron chi connectivity index (χ0n) is 9.40. The topological polar surface area (TPSA) is 47.3 Å². The Morgan fingerprint density at radius 2 is 2.47 bits per heavy atom. The predicted octanol–water partition coefficient (Wildman–Crippen LogP) is 2.90. The van der Waals surface area contributed by atoms with Crippen molar-refractivity contribution in [3.05, 3.63) is 27.3 Å². The molecule has 0 unspecified atom stereocenters. The molecule has 0 saturated heterocycles. The van der Waals surface area contributed by atoms with Gasteiger partial charge in [0.1, 0.15) is 5.69 Å². The summed E-state index contributed by atoms with van der Waals surface area (Å²) < 4.78 is 11.5. The van der Waals surface area contributed by atoms with E-state index in [0.29, 0.717) is 13.2 Å². The van der Waals surface area contributed by atoms with Crippen LogP contribution < -0.4 is 5.32 Å². The van der Waals surface area contributed by atoms with Crippen molar-refractivity contribution < 1.29 is 9.15 Å². The van der Waals surface area contributed by atoms with Crippen molar-refractivity contribution in [1.29, 1.82) is 0 Å². The van der Waals surface area contributed by atoms with Crippen LogP contribution in [0, 0.1) is 0 Å². The van der Waals surface area contributed by atoms with E-state index in [0.717, 1.165) is 27.3 Å². The van der Waals surface area contributed by atoms with Gasteiger partial charge in [0.25, 0.3) is 0 Å². The normalized spacial score (nSPS) is 10.9. The Morgan fingerprint density at radius 3 is 3.18 bits per heavy atom. The molecule has 6 heteroatoms. The summed E-state index contributed by atoms with van der Waals surface area (Å²) in [5.41, 5.74) is 1.98. The van der Waals surface area contributed by atoms with Crippen LogP contribution in [0.5, 0.6) is 0 Å². The Kier molecular flexibility index (Phi) is 4.73. The zero-order chi connectivity index (χ0) is 12.1. The molecule has 17 heavy (non-hydrogen) atoms. The second-order valence-corrected chi connectivity index (χ2v) is 5.73. The van der Waals surface area contributed by atoms with Gasteiger partial charge >= 0.3 is 0 Å². The first kappa shape index (κ1) is 12.8. The minimum Gasteiger partial charge on any atom is -0.443 e. The van der Waals surface area contributed by atoms with Crippen LogP contribution in [0.2, 0.25) is 0 Å². The molecular weight excluding hydrogens is 304 g/mol. The van der Waals surface area contributed by atoms with Gasteiger partial charge in [-0.1, -0.05) is 0 Å². The monoisotopic (exact) mass is 316 g/mol. The van der Waals surface area contributed by atoms with E-state index in [9.17, 15) is 0 Å². The standard InChI is InChI=1S/C11H13BrN2O2S/c1-15-3-2-13-5-9-11(16-7-14-9)8-4-10(12)17-6-8/h4,6-7,13H,2-3,5H2,1H3. The quantitative estimate of drug-likeness (QED) is 0.832. The number of oxazole rings is 1. The Morgan fingerprint density at radius 1 is 1.59 bits per heavy atom. The summed E-state index contributed by atoms with van der Waals surface area (Å²) in [6.45, 7) is 2.18. The molecule has 0 spiro atoms. The highest BCUT2D eigenvalue weighted by Gasteiger charge is 2.11. The van der Waals surface area contributed by atoms with Gasteiger partial charge in [0.15, 0.2) is 12.2 Å². The van der Waals surface area contributed by atoms with Crippen molar-refractivity contribution >= 4 is 27.3 Å². The van der Waals surface area contributed by atoms with Crippen LogP contribution in [0.15, 0.2) is 26.0 Å². The third-order valence-corrected chi connectivity index (χ3v) is 3.75. The summed E-state index contributed by atoms with van der Waals surface area (Å²) in [6, 6.07) is 2.03. The Hall–Kier alpha value is -0.690. The molecule has 0 aliphatic carbocycles. The van der Waals surface area contributed by atoms with Gasteiger partial charge in [-0.25, -0.2) is 4.98 Å². The largest absolute Gasteiger partial charge is 0.443 e. The van der Waals surface area contributed by atoms with Gasteiger partial charge in [-0.3, -0.25) is 0 Å². The van der Waals surface area contributed by atoms with Crippen molar-refractivity contribution in [1.82, 2.24) is 10.3 Å². The molecular formula is C11H13BrN2O2S. The van der Waals surface area contributed by atoms with E-state index in [1.165, 1.54) is 6.39 Å². The molecule has 0 saturated carbocycles. The number of ether oxygens (including phenoxy) is 1. The Labute approximate surface area is 112 Å². The van der Waals surface area contributed by atoms with Crippen molar-refractivity contribution in [2.45, 2.75) is 6.54 Å². The predicted molar refractivity (Wildman–Crippen MR) is 71.1 cm³/mol. The highest BCUT2D eigenvalue weighted by Crippen LogP contribution is 2.30.